The summed E-state index contributed by atoms with van der Waals surface area (Å²) < 4.78 is 18.8. The van der Waals surface area contributed by atoms with Crippen LogP contribution in [-0.4, -0.2) is 31.5 Å². The molecule has 4 nitrogen and oxygen atoms in total. The minimum absolute atomic E-state index is 0.167. The highest BCUT2D eigenvalue weighted by Crippen LogP contribution is 2.23. The highest BCUT2D eigenvalue weighted by atomic mass is 35.5. The summed E-state index contributed by atoms with van der Waals surface area (Å²) in [7, 11) is 3.41. The molecule has 0 spiro atoms. The average Bonchev–Trinajstić information content (AvgIpc) is 2.54. The highest BCUT2D eigenvalue weighted by Gasteiger charge is 2.11. The third-order valence-electron chi connectivity index (χ3n) is 3.53. The first kappa shape index (κ1) is 18.2. The number of carbonyl (C=O) groups excluding carboxylic acids is 1. The van der Waals surface area contributed by atoms with Crippen LogP contribution >= 0.6 is 11.6 Å². The number of nitrogens with zero attached hydrogens (tertiary/aromatic N) is 1. The lowest BCUT2D eigenvalue weighted by Crippen LogP contribution is -2.34. The van der Waals surface area contributed by atoms with E-state index in [0.29, 0.717) is 17.1 Å². The van der Waals surface area contributed by atoms with Gasteiger partial charge in [0, 0.05) is 29.2 Å². The molecule has 2 aromatic rings. The van der Waals surface area contributed by atoms with E-state index in [0.717, 1.165) is 11.3 Å². The molecule has 0 radical (unpaired) electrons. The molecule has 0 aliphatic carbocycles. The Bertz CT molecular complexity index is 709. The maximum Gasteiger partial charge on any atom is 0.234 e. The van der Waals surface area contributed by atoms with Crippen molar-refractivity contribution in [2.45, 2.75) is 13.1 Å². The van der Waals surface area contributed by atoms with E-state index in [2.05, 4.69) is 5.32 Å². The van der Waals surface area contributed by atoms with Gasteiger partial charge in [-0.15, -0.1) is 0 Å². The average molecular weight is 351 g/mol. The molecule has 128 valence electrons. The van der Waals surface area contributed by atoms with Crippen LogP contribution in [0.1, 0.15) is 11.1 Å². The number of ether oxygens (including phenoxy) is 1. The van der Waals surface area contributed by atoms with E-state index < -0.39 is 0 Å². The van der Waals surface area contributed by atoms with E-state index in [1.807, 2.05) is 18.0 Å². The van der Waals surface area contributed by atoms with E-state index in [1.165, 1.54) is 6.07 Å². The Balaban J connectivity index is 1.88. The summed E-state index contributed by atoms with van der Waals surface area (Å²) >= 11 is 6.01. The Morgan fingerprint density at radius 3 is 2.71 bits per heavy atom. The van der Waals surface area contributed by atoms with Gasteiger partial charge in [0.25, 0.3) is 0 Å². The van der Waals surface area contributed by atoms with Gasteiger partial charge in [-0.3, -0.25) is 9.69 Å². The predicted octanol–water partition coefficient (Wildman–Crippen LogP) is 3.24. The first-order chi connectivity index (χ1) is 11.5. The molecule has 24 heavy (non-hydrogen) atoms. The highest BCUT2D eigenvalue weighted by molar-refractivity contribution is 6.30. The van der Waals surface area contributed by atoms with Crippen molar-refractivity contribution in [2.24, 2.45) is 0 Å². The molecule has 0 unspecified atom stereocenters. The van der Waals surface area contributed by atoms with E-state index >= 15 is 0 Å². The number of methoxy groups -OCH3 is 1. The second kappa shape index (κ2) is 8.66. The Labute approximate surface area is 146 Å². The van der Waals surface area contributed by atoms with Crippen molar-refractivity contribution in [1.29, 1.82) is 0 Å². The molecule has 0 aliphatic rings. The summed E-state index contributed by atoms with van der Waals surface area (Å²) in [5, 5.41) is 3.33. The lowest BCUT2D eigenvalue weighted by atomic mass is 10.2. The number of hydrogen-bond donors (Lipinski definition) is 1. The van der Waals surface area contributed by atoms with Gasteiger partial charge in [-0.25, -0.2) is 4.39 Å². The van der Waals surface area contributed by atoms with Gasteiger partial charge in [0.2, 0.25) is 5.91 Å². The van der Waals surface area contributed by atoms with E-state index in [9.17, 15) is 9.18 Å². The first-order valence-electron chi connectivity index (χ1n) is 7.50. The molecule has 0 aromatic heterocycles. The SMILES string of the molecule is COc1ccc(Cl)cc1CN(C)CC(=O)NCc1ccccc1F. The minimum Gasteiger partial charge on any atom is -0.496 e. The first-order valence-corrected chi connectivity index (χ1v) is 7.88. The topological polar surface area (TPSA) is 41.6 Å². The molecule has 2 aromatic carbocycles. The van der Waals surface area contributed by atoms with Crippen molar-refractivity contribution in [3.63, 3.8) is 0 Å². The van der Waals surface area contributed by atoms with Gasteiger partial charge in [-0.05, 0) is 31.3 Å². The van der Waals surface area contributed by atoms with Crippen molar-refractivity contribution >= 4 is 17.5 Å². The number of halogens is 2. The molecule has 0 atom stereocenters. The zero-order chi connectivity index (χ0) is 17.5. The standard InChI is InChI=1S/C18H20ClFN2O2/c1-22(11-14-9-15(19)7-8-17(14)24-2)12-18(23)21-10-13-5-3-4-6-16(13)20/h3-9H,10-12H2,1-2H3,(H,21,23). The molecule has 2 rings (SSSR count). The van der Waals surface area contributed by atoms with Gasteiger partial charge < -0.3 is 10.1 Å². The number of rotatable bonds is 7. The molecule has 0 aliphatic heterocycles. The van der Waals surface area contributed by atoms with Crippen LogP contribution in [0, 0.1) is 5.82 Å². The van der Waals surface area contributed by atoms with Crippen LogP contribution in [0.3, 0.4) is 0 Å². The van der Waals surface area contributed by atoms with Gasteiger partial charge in [-0.1, -0.05) is 29.8 Å². The predicted molar refractivity (Wildman–Crippen MR) is 92.6 cm³/mol. The number of hydrogen-bond acceptors (Lipinski definition) is 3. The third kappa shape index (κ3) is 5.22. The van der Waals surface area contributed by atoms with Crippen LogP contribution in [0.15, 0.2) is 42.5 Å². The van der Waals surface area contributed by atoms with Crippen LogP contribution in [0.4, 0.5) is 4.39 Å². The fourth-order valence-corrected chi connectivity index (χ4v) is 2.55. The van der Waals surface area contributed by atoms with Crippen molar-refractivity contribution in [3.05, 3.63) is 64.4 Å². The van der Waals surface area contributed by atoms with Gasteiger partial charge >= 0.3 is 0 Å². The van der Waals surface area contributed by atoms with Gasteiger partial charge in [0.15, 0.2) is 0 Å². The van der Waals surface area contributed by atoms with Crippen molar-refractivity contribution < 1.29 is 13.9 Å². The van der Waals surface area contributed by atoms with Gasteiger partial charge in [-0.2, -0.15) is 0 Å². The van der Waals surface area contributed by atoms with Crippen LogP contribution < -0.4 is 10.1 Å². The smallest absolute Gasteiger partial charge is 0.234 e. The van der Waals surface area contributed by atoms with Crippen LogP contribution in [0.2, 0.25) is 5.02 Å². The summed E-state index contributed by atoms with van der Waals surface area (Å²) in [4.78, 5) is 13.9. The van der Waals surface area contributed by atoms with Crippen molar-refractivity contribution in [1.82, 2.24) is 10.2 Å². The second-order valence-electron chi connectivity index (χ2n) is 5.50. The molecule has 0 fully saturated rings. The number of benzene rings is 2. The number of likely N-dealkylation sites (N-methyl/N-ethyl adjacent to an activating group) is 1. The summed E-state index contributed by atoms with van der Waals surface area (Å²) in [6.07, 6.45) is 0. The van der Waals surface area contributed by atoms with E-state index in [-0.39, 0.29) is 24.8 Å². The number of amides is 1. The molecule has 6 heteroatoms. The third-order valence-corrected chi connectivity index (χ3v) is 3.77. The molecule has 0 saturated heterocycles. The Kier molecular flexibility index (Phi) is 6.58. The summed E-state index contributed by atoms with van der Waals surface area (Å²) in [5.74, 6) is 0.217. The summed E-state index contributed by atoms with van der Waals surface area (Å²) in [6.45, 7) is 0.862. The fourth-order valence-electron chi connectivity index (χ4n) is 2.35. The Morgan fingerprint density at radius 2 is 2.00 bits per heavy atom. The molecule has 1 amide bonds. The monoisotopic (exact) mass is 350 g/mol. The molecule has 0 heterocycles. The molecule has 1 N–H and O–H groups in total. The molecular weight excluding hydrogens is 331 g/mol. The number of nitrogens with one attached hydrogen (secondary N) is 1. The number of carbonyl (C=O) groups is 1. The summed E-state index contributed by atoms with van der Waals surface area (Å²) in [6, 6.07) is 11.7. The zero-order valence-electron chi connectivity index (χ0n) is 13.7. The van der Waals surface area contributed by atoms with Gasteiger partial charge in [0.1, 0.15) is 11.6 Å². The minimum atomic E-state index is -0.324. The van der Waals surface area contributed by atoms with Crippen molar-refractivity contribution in [3.8, 4) is 5.75 Å². The van der Waals surface area contributed by atoms with E-state index in [1.54, 1.807) is 37.4 Å². The van der Waals surface area contributed by atoms with Crippen molar-refractivity contribution in [2.75, 3.05) is 20.7 Å². The maximum atomic E-state index is 13.5. The largest absolute Gasteiger partial charge is 0.496 e. The Morgan fingerprint density at radius 1 is 1.25 bits per heavy atom. The Hall–Kier alpha value is -2.11. The fraction of sp³-hybridized carbons (Fsp3) is 0.278. The van der Waals surface area contributed by atoms with E-state index in [4.69, 9.17) is 16.3 Å². The molecule has 0 saturated carbocycles. The lowest BCUT2D eigenvalue weighted by Gasteiger charge is -2.18. The zero-order valence-corrected chi connectivity index (χ0v) is 14.4. The lowest BCUT2D eigenvalue weighted by molar-refractivity contribution is -0.122. The molecular formula is C18H20ClFN2O2. The maximum absolute atomic E-state index is 13.5. The quantitative estimate of drug-likeness (QED) is 0.833. The van der Waals surface area contributed by atoms with Crippen LogP contribution in [0.25, 0.3) is 0 Å². The summed E-state index contributed by atoms with van der Waals surface area (Å²) in [5.41, 5.74) is 1.36. The van der Waals surface area contributed by atoms with Crippen LogP contribution in [0.5, 0.6) is 5.75 Å². The normalized spacial score (nSPS) is 10.7. The van der Waals surface area contributed by atoms with Crippen LogP contribution in [-0.2, 0) is 17.9 Å². The molecule has 0 bridgehead atoms. The second-order valence-corrected chi connectivity index (χ2v) is 5.93. The van der Waals surface area contributed by atoms with Gasteiger partial charge in [0.05, 0.1) is 13.7 Å².